The molecule has 0 saturated heterocycles. The highest BCUT2D eigenvalue weighted by Gasteiger charge is 2.30. The molecule has 0 fully saturated rings. The quantitative estimate of drug-likeness (QED) is 0.125. The molecule has 1 aromatic rings. The topological polar surface area (TPSA) is 205 Å². The van der Waals surface area contributed by atoms with Gasteiger partial charge in [0.1, 0.15) is 18.1 Å². The minimum atomic E-state index is -1.13. The van der Waals surface area contributed by atoms with Crippen molar-refractivity contribution in [2.24, 2.45) is 17.4 Å². The molecular weight excluding hydrogens is 486 g/mol. The van der Waals surface area contributed by atoms with Crippen LogP contribution in [0.3, 0.4) is 0 Å². The molecule has 0 aliphatic rings. The fraction of sp³-hybridized carbons (Fsp3) is 0.696. The van der Waals surface area contributed by atoms with Gasteiger partial charge in [-0.1, -0.05) is 13.8 Å². The number of hydrogen-bond donors (Lipinski definition) is 7. The van der Waals surface area contributed by atoms with Crippen molar-refractivity contribution in [2.45, 2.75) is 76.5 Å². The van der Waals surface area contributed by atoms with Crippen molar-refractivity contribution in [1.82, 2.24) is 25.9 Å². The molecule has 204 valence electrons. The van der Waals surface area contributed by atoms with Crippen LogP contribution in [-0.2, 0) is 25.6 Å². The number of H-pyrrole nitrogens is 1. The number of unbranched alkanes of at least 4 members (excludes halogenated alkanes) is 1. The molecule has 0 spiro atoms. The Bertz CT molecular complexity index is 822. The minimum Gasteiger partial charge on any atom is -0.480 e. The van der Waals surface area contributed by atoms with Gasteiger partial charge < -0.3 is 37.5 Å². The maximum atomic E-state index is 13.2. The summed E-state index contributed by atoms with van der Waals surface area (Å²) in [6.45, 7) is 4.22. The molecule has 36 heavy (non-hydrogen) atoms. The largest absolute Gasteiger partial charge is 0.480 e. The molecule has 1 heterocycles. The van der Waals surface area contributed by atoms with Crippen molar-refractivity contribution < 1.29 is 24.3 Å². The Morgan fingerprint density at radius 1 is 1.03 bits per heavy atom. The minimum absolute atomic E-state index is 0.0450. The van der Waals surface area contributed by atoms with Crippen LogP contribution in [0.5, 0.6) is 0 Å². The number of carboxylic acids is 1. The summed E-state index contributed by atoms with van der Waals surface area (Å²) in [5, 5.41) is 17.4. The first kappa shape index (κ1) is 31.4. The van der Waals surface area contributed by atoms with E-state index in [1.54, 1.807) is 6.20 Å². The summed E-state index contributed by atoms with van der Waals surface area (Å²) in [4.78, 5) is 57.2. The number of nitrogens with two attached hydrogens (primary N) is 2. The Morgan fingerprint density at radius 2 is 1.67 bits per heavy atom. The van der Waals surface area contributed by atoms with E-state index in [-0.39, 0.29) is 18.8 Å². The van der Waals surface area contributed by atoms with Gasteiger partial charge in [0.2, 0.25) is 17.7 Å². The number of amides is 3. The van der Waals surface area contributed by atoms with E-state index < -0.39 is 47.9 Å². The van der Waals surface area contributed by atoms with Crippen molar-refractivity contribution in [3.05, 3.63) is 18.2 Å². The second kappa shape index (κ2) is 16.9. The van der Waals surface area contributed by atoms with Crippen molar-refractivity contribution in [2.75, 3.05) is 18.6 Å². The van der Waals surface area contributed by atoms with Crippen LogP contribution in [0.2, 0.25) is 0 Å². The number of nitrogens with one attached hydrogen (secondary N) is 4. The summed E-state index contributed by atoms with van der Waals surface area (Å²) < 4.78 is 0. The SMILES string of the molecule is CSCCC(NC(=O)C(CC(C)C)NC(=O)C(CCCCN)NC(=O)C(N)Cc1cnc[nH]1)C(=O)O. The molecule has 0 saturated carbocycles. The number of nitrogens with zero attached hydrogens (tertiary/aromatic N) is 1. The number of carbonyl (C=O) groups is 4. The molecule has 4 atom stereocenters. The Labute approximate surface area is 216 Å². The predicted molar refractivity (Wildman–Crippen MR) is 139 cm³/mol. The molecule has 13 heteroatoms. The number of imidazole rings is 1. The van der Waals surface area contributed by atoms with Crippen LogP contribution in [-0.4, -0.2) is 81.5 Å². The molecule has 1 aromatic heterocycles. The van der Waals surface area contributed by atoms with E-state index in [1.165, 1.54) is 18.1 Å². The van der Waals surface area contributed by atoms with Crippen molar-refractivity contribution in [3.8, 4) is 0 Å². The first-order valence-corrected chi connectivity index (χ1v) is 13.5. The summed E-state index contributed by atoms with van der Waals surface area (Å²) in [7, 11) is 0. The fourth-order valence-corrected chi connectivity index (χ4v) is 3.98. The third-order valence-electron chi connectivity index (χ3n) is 5.48. The maximum absolute atomic E-state index is 13.2. The van der Waals surface area contributed by atoms with Crippen molar-refractivity contribution in [1.29, 1.82) is 0 Å². The molecular formula is C23H41N7O5S. The van der Waals surface area contributed by atoms with Gasteiger partial charge in [-0.2, -0.15) is 11.8 Å². The van der Waals surface area contributed by atoms with E-state index in [2.05, 4.69) is 25.9 Å². The fourth-order valence-electron chi connectivity index (χ4n) is 3.51. The van der Waals surface area contributed by atoms with Gasteiger partial charge in [-0.15, -0.1) is 0 Å². The lowest BCUT2D eigenvalue weighted by Gasteiger charge is -2.26. The highest BCUT2D eigenvalue weighted by Crippen LogP contribution is 2.09. The summed E-state index contributed by atoms with van der Waals surface area (Å²) in [5.41, 5.74) is 12.3. The number of carbonyl (C=O) groups excluding carboxylic acids is 3. The van der Waals surface area contributed by atoms with Crippen molar-refractivity contribution in [3.63, 3.8) is 0 Å². The first-order chi connectivity index (χ1) is 17.1. The number of carboxylic acid groups (broad SMARTS) is 1. The van der Waals surface area contributed by atoms with E-state index in [9.17, 15) is 24.3 Å². The average Bonchev–Trinajstić information content (AvgIpc) is 3.32. The van der Waals surface area contributed by atoms with Crippen LogP contribution in [0.1, 0.15) is 51.6 Å². The summed E-state index contributed by atoms with van der Waals surface area (Å²) >= 11 is 1.48. The monoisotopic (exact) mass is 527 g/mol. The molecule has 4 unspecified atom stereocenters. The second-order valence-electron chi connectivity index (χ2n) is 9.10. The Hall–Kier alpha value is -2.64. The number of aliphatic carboxylic acids is 1. The molecule has 0 aromatic carbocycles. The van der Waals surface area contributed by atoms with E-state index in [0.29, 0.717) is 43.7 Å². The first-order valence-electron chi connectivity index (χ1n) is 12.1. The lowest BCUT2D eigenvalue weighted by Crippen LogP contribution is -2.57. The van der Waals surface area contributed by atoms with Gasteiger partial charge in [0.15, 0.2) is 0 Å². The van der Waals surface area contributed by atoms with Crippen LogP contribution in [0.25, 0.3) is 0 Å². The molecule has 0 aliphatic heterocycles. The standard InChI is InChI=1S/C23H41N7O5S/c1-14(2)10-19(22(33)29-18(23(34)35)7-9-36-3)30-21(32)17(6-4-5-8-24)28-20(31)16(25)11-15-12-26-13-27-15/h12-14,16-19H,4-11,24-25H2,1-3H3,(H,26,27)(H,28,31)(H,29,33)(H,30,32)(H,34,35). The predicted octanol–water partition coefficient (Wildman–Crippen LogP) is -0.253. The maximum Gasteiger partial charge on any atom is 0.326 e. The third-order valence-corrected chi connectivity index (χ3v) is 6.12. The van der Waals surface area contributed by atoms with Crippen LogP contribution < -0.4 is 27.4 Å². The Kier molecular flexibility index (Phi) is 14.8. The van der Waals surface area contributed by atoms with E-state index in [0.717, 1.165) is 0 Å². The van der Waals surface area contributed by atoms with Gasteiger partial charge in [-0.25, -0.2) is 9.78 Å². The van der Waals surface area contributed by atoms with Crippen LogP contribution in [0.4, 0.5) is 0 Å². The number of thioether (sulfide) groups is 1. The van der Waals surface area contributed by atoms with Crippen LogP contribution >= 0.6 is 11.8 Å². The van der Waals surface area contributed by atoms with Crippen LogP contribution in [0, 0.1) is 5.92 Å². The van der Waals surface area contributed by atoms with Crippen molar-refractivity contribution >= 4 is 35.5 Å². The summed E-state index contributed by atoms with van der Waals surface area (Å²) in [5.74, 6) is -2.15. The smallest absolute Gasteiger partial charge is 0.326 e. The highest BCUT2D eigenvalue weighted by atomic mass is 32.2. The zero-order valence-corrected chi connectivity index (χ0v) is 22.1. The molecule has 0 aliphatic carbocycles. The lowest BCUT2D eigenvalue weighted by atomic mass is 10.0. The number of hydrogen-bond acceptors (Lipinski definition) is 8. The summed E-state index contributed by atoms with van der Waals surface area (Å²) in [6.07, 6.45) is 7.23. The van der Waals surface area contributed by atoms with Gasteiger partial charge in [0.25, 0.3) is 0 Å². The number of aromatic amines is 1. The average molecular weight is 528 g/mol. The number of rotatable bonds is 18. The molecule has 12 nitrogen and oxygen atoms in total. The molecule has 3 amide bonds. The molecule has 1 rings (SSSR count). The Morgan fingerprint density at radius 3 is 2.22 bits per heavy atom. The van der Waals surface area contributed by atoms with Gasteiger partial charge in [0.05, 0.1) is 12.4 Å². The normalized spacial score (nSPS) is 14.5. The van der Waals surface area contributed by atoms with Gasteiger partial charge in [-0.05, 0) is 56.6 Å². The molecule has 0 radical (unpaired) electrons. The zero-order chi connectivity index (χ0) is 27.1. The lowest BCUT2D eigenvalue weighted by molar-refractivity contribution is -0.142. The zero-order valence-electron chi connectivity index (χ0n) is 21.3. The van der Waals surface area contributed by atoms with Crippen LogP contribution in [0.15, 0.2) is 12.5 Å². The van der Waals surface area contributed by atoms with Gasteiger partial charge in [0, 0.05) is 18.3 Å². The molecule has 0 bridgehead atoms. The van der Waals surface area contributed by atoms with Gasteiger partial charge in [-0.3, -0.25) is 14.4 Å². The Balaban J connectivity index is 2.93. The van der Waals surface area contributed by atoms with Gasteiger partial charge >= 0.3 is 5.97 Å². The second-order valence-corrected chi connectivity index (χ2v) is 10.1. The molecule has 9 N–H and O–H groups in total. The van der Waals surface area contributed by atoms with E-state index in [4.69, 9.17) is 11.5 Å². The third kappa shape index (κ3) is 11.9. The van der Waals surface area contributed by atoms with E-state index in [1.807, 2.05) is 20.1 Å². The summed E-state index contributed by atoms with van der Waals surface area (Å²) in [6, 6.07) is -3.85. The highest BCUT2D eigenvalue weighted by molar-refractivity contribution is 7.98. The van der Waals surface area contributed by atoms with E-state index >= 15 is 0 Å². The number of aromatic nitrogens is 2.